The minimum atomic E-state index is -0.0852. The molecule has 98 valence electrons. The Balaban J connectivity index is 2.91. The Morgan fingerprint density at radius 3 is 2.56 bits per heavy atom. The number of guanidine groups is 1. The zero-order chi connectivity index (χ0) is 13.5. The van der Waals surface area contributed by atoms with Crippen LogP contribution in [-0.2, 0) is 0 Å². The Kier molecular flexibility index (Phi) is 4.98. The minimum Gasteiger partial charge on any atom is -0.493 e. The van der Waals surface area contributed by atoms with Gasteiger partial charge < -0.3 is 20.9 Å². The van der Waals surface area contributed by atoms with Crippen LogP contribution in [0.25, 0.3) is 0 Å². The predicted octanol–water partition coefficient (Wildman–Crippen LogP) is 1.09. The summed E-state index contributed by atoms with van der Waals surface area (Å²) in [5.41, 5.74) is 11.1. The van der Waals surface area contributed by atoms with Gasteiger partial charge >= 0.3 is 0 Å². The molecule has 0 aliphatic rings. The Morgan fingerprint density at radius 2 is 2.00 bits per heavy atom. The molecule has 1 aromatic rings. The van der Waals surface area contributed by atoms with Crippen LogP contribution in [0.5, 0.6) is 11.5 Å². The highest BCUT2D eigenvalue weighted by Crippen LogP contribution is 2.28. The van der Waals surface area contributed by atoms with Crippen molar-refractivity contribution in [3.05, 3.63) is 23.8 Å². The molecule has 18 heavy (non-hydrogen) atoms. The number of hydrogen-bond acceptors (Lipinski definition) is 4. The molecule has 0 aliphatic carbocycles. The maximum atomic E-state index is 5.60. The minimum absolute atomic E-state index is 0.0834. The summed E-state index contributed by atoms with van der Waals surface area (Å²) in [4.78, 5) is 0. The van der Waals surface area contributed by atoms with E-state index in [1.54, 1.807) is 13.2 Å². The van der Waals surface area contributed by atoms with Gasteiger partial charge in [-0.25, -0.2) is 0 Å². The number of rotatable bonds is 5. The first-order valence-corrected chi connectivity index (χ1v) is 5.49. The third-order valence-corrected chi connectivity index (χ3v) is 1.93. The third kappa shape index (κ3) is 4.32. The molecule has 1 rings (SSSR count). The van der Waals surface area contributed by atoms with Gasteiger partial charge in [0, 0.05) is 0 Å². The van der Waals surface area contributed by atoms with Crippen molar-refractivity contribution >= 4 is 12.2 Å². The summed E-state index contributed by atoms with van der Waals surface area (Å²) in [6, 6.07) is 5.45. The van der Waals surface area contributed by atoms with E-state index in [1.165, 1.54) is 6.21 Å². The molecule has 0 aliphatic heterocycles. The Labute approximate surface area is 106 Å². The summed E-state index contributed by atoms with van der Waals surface area (Å²) in [5, 5.41) is 7.24. The number of hydrogen-bond donors (Lipinski definition) is 2. The first-order valence-electron chi connectivity index (χ1n) is 5.49. The predicted molar refractivity (Wildman–Crippen MR) is 72.2 cm³/mol. The first kappa shape index (κ1) is 13.8. The molecule has 0 saturated carbocycles. The third-order valence-electron chi connectivity index (χ3n) is 1.93. The van der Waals surface area contributed by atoms with Crippen molar-refractivity contribution in [2.24, 2.45) is 21.7 Å². The van der Waals surface area contributed by atoms with Crippen molar-refractivity contribution in [3.8, 4) is 11.5 Å². The molecular formula is C12H18N4O2. The number of nitrogens with zero attached hydrogens (tertiary/aromatic N) is 2. The van der Waals surface area contributed by atoms with Crippen LogP contribution >= 0.6 is 0 Å². The van der Waals surface area contributed by atoms with Crippen molar-refractivity contribution < 1.29 is 9.47 Å². The highest BCUT2D eigenvalue weighted by Gasteiger charge is 2.06. The van der Waals surface area contributed by atoms with Crippen molar-refractivity contribution in [1.29, 1.82) is 0 Å². The van der Waals surface area contributed by atoms with Crippen LogP contribution in [-0.4, -0.2) is 25.4 Å². The van der Waals surface area contributed by atoms with Gasteiger partial charge in [0.05, 0.1) is 19.4 Å². The molecule has 0 heterocycles. The van der Waals surface area contributed by atoms with E-state index in [4.69, 9.17) is 20.9 Å². The maximum absolute atomic E-state index is 5.60. The van der Waals surface area contributed by atoms with Crippen LogP contribution in [0.3, 0.4) is 0 Å². The van der Waals surface area contributed by atoms with E-state index in [0.717, 1.165) is 5.56 Å². The lowest BCUT2D eigenvalue weighted by Gasteiger charge is -2.13. The molecule has 0 radical (unpaired) electrons. The summed E-state index contributed by atoms with van der Waals surface area (Å²) in [6.07, 6.45) is 1.61. The molecule has 0 fully saturated rings. The number of ether oxygens (including phenoxy) is 2. The van der Waals surface area contributed by atoms with Crippen LogP contribution in [0.2, 0.25) is 0 Å². The molecule has 0 bridgehead atoms. The average Bonchev–Trinajstić information content (AvgIpc) is 2.29. The molecule has 0 saturated heterocycles. The fourth-order valence-electron chi connectivity index (χ4n) is 1.28. The van der Waals surface area contributed by atoms with Gasteiger partial charge in [0.2, 0.25) is 5.96 Å². The topological polar surface area (TPSA) is 95.2 Å². The van der Waals surface area contributed by atoms with Crippen LogP contribution in [0.4, 0.5) is 0 Å². The molecule has 1 aromatic carbocycles. The number of methoxy groups -OCH3 is 1. The summed E-state index contributed by atoms with van der Waals surface area (Å²) >= 11 is 0. The molecule has 0 amide bonds. The van der Waals surface area contributed by atoms with E-state index in [0.29, 0.717) is 11.5 Å². The van der Waals surface area contributed by atoms with E-state index in [9.17, 15) is 0 Å². The Bertz CT molecular complexity index is 451. The molecule has 4 N–H and O–H groups in total. The van der Waals surface area contributed by atoms with Gasteiger partial charge in [-0.3, -0.25) is 0 Å². The van der Waals surface area contributed by atoms with E-state index >= 15 is 0 Å². The van der Waals surface area contributed by atoms with Crippen molar-refractivity contribution in [2.75, 3.05) is 7.11 Å². The summed E-state index contributed by atoms with van der Waals surface area (Å²) in [6.45, 7) is 3.90. The number of nitrogens with two attached hydrogens (primary N) is 2. The van der Waals surface area contributed by atoms with Crippen LogP contribution in [0, 0.1) is 0 Å². The van der Waals surface area contributed by atoms with Crippen LogP contribution in [0.1, 0.15) is 19.4 Å². The summed E-state index contributed by atoms with van der Waals surface area (Å²) in [5.74, 6) is 1.24. The lowest BCUT2D eigenvalue weighted by atomic mass is 10.2. The van der Waals surface area contributed by atoms with Crippen LogP contribution < -0.4 is 20.9 Å². The highest BCUT2D eigenvalue weighted by atomic mass is 16.5. The van der Waals surface area contributed by atoms with E-state index < -0.39 is 0 Å². The lowest BCUT2D eigenvalue weighted by Crippen LogP contribution is -2.21. The van der Waals surface area contributed by atoms with E-state index in [-0.39, 0.29) is 12.1 Å². The molecule has 0 unspecified atom stereocenters. The van der Waals surface area contributed by atoms with Crippen molar-refractivity contribution in [1.82, 2.24) is 0 Å². The molecule has 6 heteroatoms. The zero-order valence-corrected chi connectivity index (χ0v) is 10.8. The Morgan fingerprint density at radius 1 is 1.28 bits per heavy atom. The van der Waals surface area contributed by atoms with Gasteiger partial charge in [-0.2, -0.15) is 5.10 Å². The largest absolute Gasteiger partial charge is 0.493 e. The first-order chi connectivity index (χ1) is 8.52. The molecular weight excluding hydrogens is 232 g/mol. The van der Waals surface area contributed by atoms with Crippen molar-refractivity contribution in [2.45, 2.75) is 20.0 Å². The van der Waals surface area contributed by atoms with Crippen LogP contribution in [0.15, 0.2) is 28.4 Å². The van der Waals surface area contributed by atoms with Gasteiger partial charge in [-0.05, 0) is 37.6 Å². The molecule has 0 spiro atoms. The zero-order valence-electron chi connectivity index (χ0n) is 10.8. The smallest absolute Gasteiger partial charge is 0.211 e. The second kappa shape index (κ2) is 6.48. The second-order valence-corrected chi connectivity index (χ2v) is 3.85. The number of benzene rings is 1. The summed E-state index contributed by atoms with van der Waals surface area (Å²) < 4.78 is 10.8. The maximum Gasteiger partial charge on any atom is 0.211 e. The van der Waals surface area contributed by atoms with Crippen molar-refractivity contribution in [3.63, 3.8) is 0 Å². The normalized spacial score (nSPS) is 10.7. The summed E-state index contributed by atoms with van der Waals surface area (Å²) in [7, 11) is 1.58. The van der Waals surface area contributed by atoms with Gasteiger partial charge in [-0.15, -0.1) is 5.10 Å². The second-order valence-electron chi connectivity index (χ2n) is 3.85. The fraction of sp³-hybridized carbons (Fsp3) is 0.333. The van der Waals surface area contributed by atoms with Gasteiger partial charge in [-0.1, -0.05) is 0 Å². The van der Waals surface area contributed by atoms with E-state index in [1.807, 2.05) is 26.0 Å². The Hall–Kier alpha value is -2.24. The molecule has 6 nitrogen and oxygen atoms in total. The molecule has 0 atom stereocenters. The SMILES string of the molecule is COc1cc(/C=N/N=C(N)N)ccc1OC(C)C. The quantitative estimate of drug-likeness (QED) is 0.464. The van der Waals surface area contributed by atoms with Gasteiger partial charge in [0.15, 0.2) is 11.5 Å². The van der Waals surface area contributed by atoms with Gasteiger partial charge in [0.25, 0.3) is 0 Å². The van der Waals surface area contributed by atoms with Gasteiger partial charge in [0.1, 0.15) is 0 Å². The van der Waals surface area contributed by atoms with E-state index in [2.05, 4.69) is 10.2 Å². The average molecular weight is 250 g/mol. The monoisotopic (exact) mass is 250 g/mol. The fourth-order valence-corrected chi connectivity index (χ4v) is 1.28. The standard InChI is InChI=1S/C12H18N4O2/c1-8(2)18-10-5-4-9(6-11(10)17-3)7-15-16-12(13)14/h4-8H,1-3H3,(H4,13,14,16)/b15-7+. The highest BCUT2D eigenvalue weighted by molar-refractivity contribution is 5.82. The molecule has 0 aromatic heterocycles. The lowest BCUT2D eigenvalue weighted by molar-refractivity contribution is 0.230.